The molecule has 0 saturated carbocycles. The van der Waals surface area contributed by atoms with Crippen molar-refractivity contribution in [2.45, 2.75) is 45.3 Å². The van der Waals surface area contributed by atoms with E-state index in [4.69, 9.17) is 18.9 Å². The van der Waals surface area contributed by atoms with E-state index in [1.54, 1.807) is 5.38 Å². The first-order valence-corrected chi connectivity index (χ1v) is 9.43. The van der Waals surface area contributed by atoms with Gasteiger partial charge in [0.15, 0.2) is 6.10 Å². The first-order valence-electron chi connectivity index (χ1n) is 8.55. The van der Waals surface area contributed by atoms with Crippen molar-refractivity contribution in [2.24, 2.45) is 0 Å². The lowest BCUT2D eigenvalue weighted by Gasteiger charge is -2.22. The highest BCUT2D eigenvalue weighted by Crippen LogP contribution is 2.33. The summed E-state index contributed by atoms with van der Waals surface area (Å²) in [6.45, 7) is 3.27. The first-order chi connectivity index (χ1) is 13.7. The average Bonchev–Trinajstić information content (AvgIpc) is 3.20. The number of esters is 3. The molecule has 0 aliphatic carbocycles. The fourth-order valence-corrected chi connectivity index (χ4v) is 3.98. The molecule has 12 heteroatoms. The van der Waals surface area contributed by atoms with Crippen molar-refractivity contribution in [2.75, 3.05) is 6.61 Å². The van der Waals surface area contributed by atoms with E-state index in [9.17, 15) is 24.3 Å². The largest absolute Gasteiger partial charge is 0.477 e. The molecule has 1 aliphatic rings. The highest BCUT2D eigenvalue weighted by Gasteiger charge is 2.54. The molecule has 29 heavy (non-hydrogen) atoms. The molecule has 2 aromatic heterocycles. The van der Waals surface area contributed by atoms with E-state index in [2.05, 4.69) is 0 Å². The van der Waals surface area contributed by atoms with Crippen LogP contribution < -0.4 is 10.1 Å². The number of hydrogen-bond acceptors (Lipinski definition) is 10. The number of hydrogen-bond donors (Lipinski definition) is 1. The minimum absolute atomic E-state index is 0.275. The van der Waals surface area contributed by atoms with Crippen LogP contribution in [0.3, 0.4) is 0 Å². The molecule has 1 fully saturated rings. The Morgan fingerprint density at radius 3 is 2.45 bits per heavy atom. The number of ether oxygens (including phenoxy) is 4. The lowest BCUT2D eigenvalue weighted by atomic mass is 10.1. The van der Waals surface area contributed by atoms with Gasteiger partial charge in [-0.15, -0.1) is 0 Å². The van der Waals surface area contributed by atoms with Crippen molar-refractivity contribution in [1.29, 1.82) is 0 Å². The summed E-state index contributed by atoms with van der Waals surface area (Å²) in [4.78, 5) is 46.9. The highest BCUT2D eigenvalue weighted by atomic mass is 32.1. The summed E-state index contributed by atoms with van der Waals surface area (Å²) < 4.78 is 24.0. The predicted octanol–water partition coefficient (Wildman–Crippen LogP) is -0.322. The minimum Gasteiger partial charge on any atom is -0.477 e. The third-order valence-corrected chi connectivity index (χ3v) is 4.99. The zero-order chi connectivity index (χ0) is 21.3. The van der Waals surface area contributed by atoms with Crippen molar-refractivity contribution in [3.63, 3.8) is 0 Å². The fraction of sp³-hybridized carbons (Fsp3) is 0.471. The Hall–Kier alpha value is -2.99. The van der Waals surface area contributed by atoms with E-state index in [1.165, 1.54) is 35.9 Å². The van der Waals surface area contributed by atoms with Crippen LogP contribution >= 0.6 is 11.3 Å². The van der Waals surface area contributed by atoms with Crippen molar-refractivity contribution >= 4 is 34.2 Å². The van der Waals surface area contributed by atoms with Crippen LogP contribution in [0, 0.1) is 0 Å². The summed E-state index contributed by atoms with van der Waals surface area (Å²) >= 11 is 1.14. The monoisotopic (exact) mass is 427 g/mol. The molecular formula is C17H19N2O9S+. The van der Waals surface area contributed by atoms with Crippen LogP contribution in [0.2, 0.25) is 0 Å². The molecule has 0 bridgehead atoms. The molecular weight excluding hydrogens is 408 g/mol. The second-order valence-electron chi connectivity index (χ2n) is 6.28. The van der Waals surface area contributed by atoms with Crippen molar-refractivity contribution in [1.82, 2.24) is 4.40 Å². The molecule has 1 aliphatic heterocycles. The summed E-state index contributed by atoms with van der Waals surface area (Å²) in [5.74, 6) is -2.35. The molecule has 0 unspecified atom stereocenters. The second-order valence-corrected chi connectivity index (χ2v) is 7.16. The van der Waals surface area contributed by atoms with E-state index >= 15 is 0 Å². The summed E-state index contributed by atoms with van der Waals surface area (Å²) in [5, 5.41) is 12.1. The van der Waals surface area contributed by atoms with Gasteiger partial charge in [0.25, 0.3) is 5.88 Å². The van der Waals surface area contributed by atoms with Gasteiger partial charge in [0.2, 0.25) is 12.3 Å². The molecule has 1 N–H and O–H groups in total. The molecule has 11 nitrogen and oxygen atoms in total. The van der Waals surface area contributed by atoms with E-state index < -0.39 is 53.9 Å². The maximum Gasteiger partial charge on any atom is 0.353 e. The zero-order valence-corrected chi connectivity index (χ0v) is 16.6. The van der Waals surface area contributed by atoms with Crippen LogP contribution in [-0.2, 0) is 33.3 Å². The number of aromatic nitrogens is 2. The summed E-state index contributed by atoms with van der Waals surface area (Å²) in [7, 11) is 0. The Balaban J connectivity index is 2.09. The van der Waals surface area contributed by atoms with Gasteiger partial charge in [0.1, 0.15) is 25.0 Å². The number of aromatic hydroxyl groups is 1. The van der Waals surface area contributed by atoms with Gasteiger partial charge in [-0.2, -0.15) is 8.97 Å². The van der Waals surface area contributed by atoms with Crippen LogP contribution in [0.4, 0.5) is 0 Å². The van der Waals surface area contributed by atoms with Gasteiger partial charge in [-0.25, -0.2) is 4.79 Å². The highest BCUT2D eigenvalue weighted by molar-refractivity contribution is 7.14. The van der Waals surface area contributed by atoms with Crippen molar-refractivity contribution < 1.29 is 43.0 Å². The Morgan fingerprint density at radius 1 is 1.17 bits per heavy atom. The quantitative estimate of drug-likeness (QED) is 0.387. The Morgan fingerprint density at radius 2 is 1.83 bits per heavy atom. The molecule has 156 valence electrons. The lowest BCUT2D eigenvalue weighted by molar-refractivity contribution is -0.748. The predicted molar refractivity (Wildman–Crippen MR) is 95.1 cm³/mol. The number of carbonyl (C=O) groups is 3. The molecule has 3 rings (SSSR count). The van der Waals surface area contributed by atoms with Crippen LogP contribution in [-0.4, -0.2) is 52.3 Å². The molecule has 0 amide bonds. The molecule has 0 radical (unpaired) electrons. The maximum absolute atomic E-state index is 12.1. The van der Waals surface area contributed by atoms with Gasteiger partial charge >= 0.3 is 28.4 Å². The third-order valence-electron chi connectivity index (χ3n) is 4.13. The number of fused-ring (bicyclic) bond motifs is 1. The van der Waals surface area contributed by atoms with E-state index in [0.717, 1.165) is 17.4 Å². The van der Waals surface area contributed by atoms with Gasteiger partial charge in [0.05, 0.1) is 0 Å². The molecule has 1 saturated heterocycles. The molecule has 0 spiro atoms. The topological polar surface area (TPSA) is 134 Å². The standard InChI is InChI=1S/C17H18N2O9S/c1-8(20)25-7-11-14(26-9(2)21)15(27-10(3)22)16(28-11)19-13(24)6-12(23)18-4-5-29-17(18)19/h4-6,11,14-16H,7H2,1-3H3/p+1/t11-,14-,15-,16+/m0/s1. The molecule has 0 aromatic carbocycles. The maximum atomic E-state index is 12.1. The number of carbonyl (C=O) groups excluding carboxylic acids is 3. The normalized spacial score (nSPS) is 23.7. The van der Waals surface area contributed by atoms with Gasteiger partial charge < -0.3 is 24.1 Å². The first kappa shape index (κ1) is 20.7. The summed E-state index contributed by atoms with van der Waals surface area (Å²) in [5.41, 5.74) is -0.468. The van der Waals surface area contributed by atoms with Crippen LogP contribution in [0.15, 0.2) is 22.4 Å². The summed E-state index contributed by atoms with van der Waals surface area (Å²) in [6.07, 6.45) is -2.90. The van der Waals surface area contributed by atoms with Gasteiger partial charge in [-0.1, -0.05) is 11.3 Å². The number of thiazole rings is 1. The Labute approximate surface area is 168 Å². The average molecular weight is 427 g/mol. The molecule has 2 aromatic rings. The van der Waals surface area contributed by atoms with Crippen molar-refractivity contribution in [3.05, 3.63) is 28.0 Å². The van der Waals surface area contributed by atoms with Crippen LogP contribution in [0.1, 0.15) is 27.0 Å². The molecule has 4 atom stereocenters. The van der Waals surface area contributed by atoms with E-state index in [1.807, 2.05) is 0 Å². The minimum atomic E-state index is -1.17. The lowest BCUT2D eigenvalue weighted by Crippen LogP contribution is -2.50. The SMILES string of the molecule is CC(=O)OC[C@@H]1O[C@@H]([n+]2c(O)cc(=O)n3ccsc32)[C@@H](OC(C)=O)[C@H]1OC(C)=O. The van der Waals surface area contributed by atoms with E-state index in [0.29, 0.717) is 4.96 Å². The van der Waals surface area contributed by atoms with Crippen LogP contribution in [0.25, 0.3) is 4.96 Å². The number of rotatable bonds is 5. The van der Waals surface area contributed by atoms with Gasteiger partial charge in [-0.05, 0) is 0 Å². The van der Waals surface area contributed by atoms with Crippen molar-refractivity contribution in [3.8, 4) is 5.88 Å². The van der Waals surface area contributed by atoms with Gasteiger partial charge in [0, 0.05) is 26.2 Å². The van der Waals surface area contributed by atoms with E-state index in [-0.39, 0.29) is 6.61 Å². The number of nitrogens with zero attached hydrogens (tertiary/aromatic N) is 2. The molecule has 3 heterocycles. The van der Waals surface area contributed by atoms with Gasteiger partial charge in [-0.3, -0.25) is 14.4 Å². The third kappa shape index (κ3) is 4.22. The fourth-order valence-electron chi connectivity index (χ4n) is 3.10. The Kier molecular flexibility index (Phi) is 5.84. The summed E-state index contributed by atoms with van der Waals surface area (Å²) in [6, 6.07) is 0.980. The zero-order valence-electron chi connectivity index (χ0n) is 15.8. The Bertz CT molecular complexity index is 1010. The smallest absolute Gasteiger partial charge is 0.353 e. The second kappa shape index (κ2) is 8.17. The van der Waals surface area contributed by atoms with Crippen LogP contribution in [0.5, 0.6) is 5.88 Å².